The molecule has 2 aromatic carbocycles. The van der Waals surface area contributed by atoms with Crippen LogP contribution in [0.25, 0.3) is 0 Å². The first-order valence-corrected chi connectivity index (χ1v) is 9.82. The number of benzene rings is 2. The molecule has 2 amide bonds. The fourth-order valence-electron chi connectivity index (χ4n) is 3.17. The summed E-state index contributed by atoms with van der Waals surface area (Å²) in [5.74, 6) is -1.90. The summed E-state index contributed by atoms with van der Waals surface area (Å²) in [6.45, 7) is 1.30. The van der Waals surface area contributed by atoms with Crippen LogP contribution >= 0.6 is 0 Å². The van der Waals surface area contributed by atoms with Crippen molar-refractivity contribution >= 4 is 17.8 Å². The molecule has 6 nitrogen and oxygen atoms in total. The maximum atomic E-state index is 13.5. The topological polar surface area (TPSA) is 84.5 Å². The number of esters is 1. The molecule has 0 fully saturated rings. The zero-order valence-electron chi connectivity index (χ0n) is 17.2. The van der Waals surface area contributed by atoms with Gasteiger partial charge in [0.15, 0.2) is 0 Å². The van der Waals surface area contributed by atoms with E-state index in [1.54, 1.807) is 6.07 Å². The van der Waals surface area contributed by atoms with Gasteiger partial charge in [0.1, 0.15) is 17.9 Å². The van der Waals surface area contributed by atoms with Crippen molar-refractivity contribution in [1.29, 1.82) is 0 Å². The van der Waals surface area contributed by atoms with Gasteiger partial charge in [-0.1, -0.05) is 42.5 Å². The summed E-state index contributed by atoms with van der Waals surface area (Å²) >= 11 is 0. The summed E-state index contributed by atoms with van der Waals surface area (Å²) in [5.41, 5.74) is 1.69. The molecule has 0 aliphatic carbocycles. The molecule has 2 atom stereocenters. The maximum absolute atomic E-state index is 13.5. The van der Waals surface area contributed by atoms with Gasteiger partial charge in [0.25, 0.3) is 0 Å². The zero-order chi connectivity index (χ0) is 21.9. The first kappa shape index (κ1) is 23.1. The molecule has 7 heteroatoms. The van der Waals surface area contributed by atoms with Crippen LogP contribution in [0.5, 0.6) is 0 Å². The Morgan fingerprint density at radius 2 is 1.67 bits per heavy atom. The molecule has 0 saturated heterocycles. The summed E-state index contributed by atoms with van der Waals surface area (Å²) in [6, 6.07) is 13.9. The monoisotopic (exact) mass is 414 g/mol. The lowest BCUT2D eigenvalue weighted by Gasteiger charge is -2.22. The zero-order valence-corrected chi connectivity index (χ0v) is 17.2. The molecule has 2 aromatic rings. The van der Waals surface area contributed by atoms with E-state index in [9.17, 15) is 18.8 Å². The maximum Gasteiger partial charge on any atom is 0.328 e. The molecule has 0 unspecified atom stereocenters. The number of carbonyl (C=O) groups is 3. The number of hydrogen-bond donors (Lipinski definition) is 2. The van der Waals surface area contributed by atoms with Gasteiger partial charge in [-0.3, -0.25) is 9.59 Å². The normalized spacial score (nSPS) is 12.5. The van der Waals surface area contributed by atoms with E-state index in [1.165, 1.54) is 32.2 Å². The fraction of sp³-hybridized carbons (Fsp3) is 0.348. The molecule has 0 heterocycles. The number of ether oxygens (including phenoxy) is 1. The van der Waals surface area contributed by atoms with Gasteiger partial charge < -0.3 is 15.4 Å². The second-order valence-corrected chi connectivity index (χ2v) is 7.05. The Labute approximate surface area is 175 Å². The first-order chi connectivity index (χ1) is 14.4. The molecular weight excluding hydrogens is 387 g/mol. The van der Waals surface area contributed by atoms with Gasteiger partial charge >= 0.3 is 5.97 Å². The minimum Gasteiger partial charge on any atom is -0.467 e. The van der Waals surface area contributed by atoms with Crippen molar-refractivity contribution in [1.82, 2.24) is 10.6 Å². The Bertz CT molecular complexity index is 857. The van der Waals surface area contributed by atoms with Crippen molar-refractivity contribution in [3.05, 3.63) is 71.5 Å². The van der Waals surface area contributed by atoms with Crippen LogP contribution in [-0.4, -0.2) is 37.0 Å². The standard InChI is InChI=1S/C23H27FN2O4/c1-16(27)25-21(15-18-11-6-12-19(24)14-18)22(28)26-20(23(29)30-2)13-7-10-17-8-4-3-5-9-17/h3-6,8-9,11-12,14,20-21H,7,10,13,15H2,1-2H3,(H,25,27)(H,26,28)/t20-,21-/m1/s1. The lowest BCUT2D eigenvalue weighted by Crippen LogP contribution is -2.52. The lowest BCUT2D eigenvalue weighted by atomic mass is 10.0. The van der Waals surface area contributed by atoms with Crippen molar-refractivity contribution in [3.8, 4) is 0 Å². The van der Waals surface area contributed by atoms with Gasteiger partial charge in [0, 0.05) is 13.3 Å². The largest absolute Gasteiger partial charge is 0.467 e. The average Bonchev–Trinajstić information content (AvgIpc) is 2.72. The van der Waals surface area contributed by atoms with E-state index in [4.69, 9.17) is 4.74 Å². The van der Waals surface area contributed by atoms with Crippen molar-refractivity contribution in [2.24, 2.45) is 0 Å². The molecular formula is C23H27FN2O4. The van der Waals surface area contributed by atoms with Gasteiger partial charge in [-0.15, -0.1) is 0 Å². The fourth-order valence-corrected chi connectivity index (χ4v) is 3.17. The van der Waals surface area contributed by atoms with Gasteiger partial charge in [0.05, 0.1) is 7.11 Å². The number of hydrogen-bond acceptors (Lipinski definition) is 4. The number of amides is 2. The quantitative estimate of drug-likeness (QED) is 0.585. The predicted octanol–water partition coefficient (Wildman–Crippen LogP) is 2.55. The van der Waals surface area contributed by atoms with Crippen molar-refractivity contribution in [3.63, 3.8) is 0 Å². The summed E-state index contributed by atoms with van der Waals surface area (Å²) in [5, 5.41) is 5.24. The molecule has 2 N–H and O–H groups in total. The summed E-state index contributed by atoms with van der Waals surface area (Å²) < 4.78 is 18.3. The third-order valence-corrected chi connectivity index (χ3v) is 4.63. The van der Waals surface area contributed by atoms with Gasteiger partial charge in [-0.2, -0.15) is 0 Å². The smallest absolute Gasteiger partial charge is 0.328 e. The third kappa shape index (κ3) is 7.66. The van der Waals surface area contributed by atoms with E-state index in [1.807, 2.05) is 30.3 Å². The van der Waals surface area contributed by atoms with E-state index in [0.29, 0.717) is 18.4 Å². The second-order valence-electron chi connectivity index (χ2n) is 7.05. The molecule has 0 spiro atoms. The van der Waals surface area contributed by atoms with Crippen LogP contribution in [0.1, 0.15) is 30.9 Å². The van der Waals surface area contributed by atoms with Crippen LogP contribution in [0.4, 0.5) is 4.39 Å². The first-order valence-electron chi connectivity index (χ1n) is 9.82. The van der Waals surface area contributed by atoms with Gasteiger partial charge in [-0.25, -0.2) is 9.18 Å². The van der Waals surface area contributed by atoms with Crippen molar-refractivity contribution in [2.75, 3.05) is 7.11 Å². The van der Waals surface area contributed by atoms with E-state index in [-0.39, 0.29) is 6.42 Å². The average molecular weight is 414 g/mol. The molecule has 30 heavy (non-hydrogen) atoms. The Morgan fingerprint density at radius 3 is 2.30 bits per heavy atom. The van der Waals surface area contributed by atoms with Crippen LogP contribution in [0.2, 0.25) is 0 Å². The van der Waals surface area contributed by atoms with Crippen LogP contribution in [0, 0.1) is 5.82 Å². The Balaban J connectivity index is 2.03. The molecule has 0 aliphatic rings. The summed E-state index contributed by atoms with van der Waals surface area (Å²) in [6.07, 6.45) is 1.91. The molecule has 2 rings (SSSR count). The minimum atomic E-state index is -0.939. The molecule has 0 saturated carbocycles. The van der Waals surface area contributed by atoms with E-state index in [2.05, 4.69) is 10.6 Å². The van der Waals surface area contributed by atoms with Crippen LogP contribution in [0.15, 0.2) is 54.6 Å². The van der Waals surface area contributed by atoms with Crippen LogP contribution in [-0.2, 0) is 32.0 Å². The highest BCUT2D eigenvalue weighted by molar-refractivity contribution is 5.90. The highest BCUT2D eigenvalue weighted by Crippen LogP contribution is 2.10. The summed E-state index contributed by atoms with van der Waals surface area (Å²) in [4.78, 5) is 36.5. The molecule has 160 valence electrons. The predicted molar refractivity (Wildman–Crippen MR) is 111 cm³/mol. The molecule has 0 aliphatic heterocycles. The Kier molecular flexibility index (Phi) is 9.00. The number of aryl methyl sites for hydroxylation is 1. The Morgan fingerprint density at radius 1 is 0.967 bits per heavy atom. The third-order valence-electron chi connectivity index (χ3n) is 4.63. The molecule has 0 aromatic heterocycles. The lowest BCUT2D eigenvalue weighted by molar-refractivity contribution is -0.145. The van der Waals surface area contributed by atoms with E-state index >= 15 is 0 Å². The number of rotatable bonds is 10. The van der Waals surface area contributed by atoms with Crippen LogP contribution in [0.3, 0.4) is 0 Å². The van der Waals surface area contributed by atoms with E-state index < -0.39 is 35.7 Å². The number of nitrogens with one attached hydrogen (secondary N) is 2. The highest BCUT2D eigenvalue weighted by Gasteiger charge is 2.26. The molecule has 0 radical (unpaired) electrons. The SMILES string of the molecule is COC(=O)[C@@H](CCCc1ccccc1)NC(=O)[C@@H](Cc1cccc(F)c1)NC(C)=O. The number of halogens is 1. The second kappa shape index (κ2) is 11.7. The summed E-state index contributed by atoms with van der Waals surface area (Å²) in [7, 11) is 1.26. The molecule has 0 bridgehead atoms. The highest BCUT2D eigenvalue weighted by atomic mass is 19.1. The van der Waals surface area contributed by atoms with Gasteiger partial charge in [0.2, 0.25) is 11.8 Å². The number of carbonyl (C=O) groups excluding carboxylic acids is 3. The van der Waals surface area contributed by atoms with Crippen molar-refractivity contribution < 1.29 is 23.5 Å². The Hall–Kier alpha value is -3.22. The van der Waals surface area contributed by atoms with E-state index in [0.717, 1.165) is 12.0 Å². The van der Waals surface area contributed by atoms with Crippen molar-refractivity contribution in [2.45, 2.75) is 44.7 Å². The van der Waals surface area contributed by atoms with Crippen LogP contribution < -0.4 is 10.6 Å². The minimum absolute atomic E-state index is 0.0983. The number of methoxy groups -OCH3 is 1. The van der Waals surface area contributed by atoms with Gasteiger partial charge in [-0.05, 0) is 42.5 Å².